The lowest BCUT2D eigenvalue weighted by molar-refractivity contribution is -0.137. The third-order valence-electron chi connectivity index (χ3n) is 3.52. The first kappa shape index (κ1) is 15.0. The van der Waals surface area contributed by atoms with Gasteiger partial charge in [0.1, 0.15) is 0 Å². The SMILES string of the molecule is CCc1sccc1-c1nc(C)c2ccc(C(F)(F)F)cc2n1. The van der Waals surface area contributed by atoms with Gasteiger partial charge in [-0.25, -0.2) is 9.97 Å². The fourth-order valence-corrected chi connectivity index (χ4v) is 3.22. The van der Waals surface area contributed by atoms with Gasteiger partial charge in [0.25, 0.3) is 0 Å². The minimum atomic E-state index is -4.37. The van der Waals surface area contributed by atoms with E-state index in [4.69, 9.17) is 0 Å². The number of aryl methyl sites for hydroxylation is 2. The van der Waals surface area contributed by atoms with Gasteiger partial charge in [-0.05, 0) is 36.9 Å². The van der Waals surface area contributed by atoms with Crippen molar-refractivity contribution in [3.8, 4) is 11.4 Å². The molecular weight excluding hydrogens is 309 g/mol. The van der Waals surface area contributed by atoms with Crippen molar-refractivity contribution in [2.45, 2.75) is 26.4 Å². The van der Waals surface area contributed by atoms with Gasteiger partial charge in [-0.2, -0.15) is 13.2 Å². The summed E-state index contributed by atoms with van der Waals surface area (Å²) in [5, 5.41) is 2.59. The molecule has 0 spiro atoms. The van der Waals surface area contributed by atoms with Crippen LogP contribution in [0.3, 0.4) is 0 Å². The number of hydrogen-bond donors (Lipinski definition) is 0. The Morgan fingerprint density at radius 1 is 1.14 bits per heavy atom. The van der Waals surface area contributed by atoms with E-state index in [1.807, 2.05) is 18.4 Å². The first-order valence-electron chi connectivity index (χ1n) is 6.82. The molecule has 2 aromatic heterocycles. The number of rotatable bonds is 2. The van der Waals surface area contributed by atoms with E-state index in [9.17, 15) is 13.2 Å². The molecule has 0 saturated heterocycles. The topological polar surface area (TPSA) is 25.8 Å². The van der Waals surface area contributed by atoms with E-state index in [2.05, 4.69) is 9.97 Å². The number of benzene rings is 1. The normalized spacial score (nSPS) is 12.0. The Bertz CT molecular complexity index is 837. The number of fused-ring (bicyclic) bond motifs is 1. The van der Waals surface area contributed by atoms with Crippen molar-refractivity contribution in [3.05, 3.63) is 45.8 Å². The minimum Gasteiger partial charge on any atom is -0.233 e. The Morgan fingerprint density at radius 3 is 2.59 bits per heavy atom. The highest BCUT2D eigenvalue weighted by Gasteiger charge is 2.30. The van der Waals surface area contributed by atoms with Crippen LogP contribution in [0.15, 0.2) is 29.6 Å². The molecule has 3 rings (SSSR count). The molecule has 0 amide bonds. The minimum absolute atomic E-state index is 0.325. The van der Waals surface area contributed by atoms with Crippen LogP contribution >= 0.6 is 11.3 Å². The number of thiophene rings is 1. The first-order valence-corrected chi connectivity index (χ1v) is 7.70. The van der Waals surface area contributed by atoms with Gasteiger partial charge in [-0.15, -0.1) is 11.3 Å². The van der Waals surface area contributed by atoms with Crippen LogP contribution in [0.4, 0.5) is 13.2 Å². The Labute approximate surface area is 129 Å². The van der Waals surface area contributed by atoms with Gasteiger partial charge in [0.05, 0.1) is 11.1 Å². The Morgan fingerprint density at radius 2 is 1.91 bits per heavy atom. The third-order valence-corrected chi connectivity index (χ3v) is 4.59. The summed E-state index contributed by atoms with van der Waals surface area (Å²) in [5.41, 5.74) is 1.22. The lowest BCUT2D eigenvalue weighted by atomic mass is 10.1. The molecule has 0 aliphatic heterocycles. The van der Waals surface area contributed by atoms with Crippen LogP contribution in [0.2, 0.25) is 0 Å². The van der Waals surface area contributed by atoms with Crippen molar-refractivity contribution in [2.75, 3.05) is 0 Å². The van der Waals surface area contributed by atoms with Gasteiger partial charge in [0, 0.05) is 21.5 Å². The van der Waals surface area contributed by atoms with E-state index in [0.29, 0.717) is 22.4 Å². The molecule has 114 valence electrons. The molecule has 6 heteroatoms. The maximum absolute atomic E-state index is 12.9. The first-order chi connectivity index (χ1) is 10.4. The predicted octanol–water partition coefficient (Wildman–Crippen LogP) is 5.25. The van der Waals surface area contributed by atoms with Crippen molar-refractivity contribution in [3.63, 3.8) is 0 Å². The summed E-state index contributed by atoms with van der Waals surface area (Å²) in [6.07, 6.45) is -3.53. The van der Waals surface area contributed by atoms with E-state index < -0.39 is 11.7 Å². The number of aromatic nitrogens is 2. The molecule has 0 saturated carbocycles. The second-order valence-electron chi connectivity index (χ2n) is 4.97. The highest BCUT2D eigenvalue weighted by Crippen LogP contribution is 2.33. The summed E-state index contributed by atoms with van der Waals surface area (Å²) in [5.74, 6) is 0.488. The molecule has 0 N–H and O–H groups in total. The monoisotopic (exact) mass is 322 g/mol. The number of hydrogen-bond acceptors (Lipinski definition) is 3. The molecule has 0 atom stereocenters. The number of halogens is 3. The van der Waals surface area contributed by atoms with Crippen LogP contribution in [-0.4, -0.2) is 9.97 Å². The summed E-state index contributed by atoms with van der Waals surface area (Å²) in [6, 6.07) is 5.51. The molecule has 22 heavy (non-hydrogen) atoms. The summed E-state index contributed by atoms with van der Waals surface area (Å²) < 4.78 is 38.6. The summed E-state index contributed by atoms with van der Waals surface area (Å²) >= 11 is 1.60. The van der Waals surface area contributed by atoms with Crippen molar-refractivity contribution in [1.29, 1.82) is 0 Å². The highest BCUT2D eigenvalue weighted by atomic mass is 32.1. The van der Waals surface area contributed by atoms with Gasteiger partial charge < -0.3 is 0 Å². The molecule has 0 aliphatic carbocycles. The van der Waals surface area contributed by atoms with E-state index in [0.717, 1.165) is 29.0 Å². The summed E-state index contributed by atoms with van der Waals surface area (Å²) in [7, 11) is 0. The second kappa shape index (κ2) is 5.35. The van der Waals surface area contributed by atoms with Crippen molar-refractivity contribution < 1.29 is 13.2 Å². The molecule has 1 aromatic carbocycles. The predicted molar refractivity (Wildman–Crippen MR) is 82.0 cm³/mol. The van der Waals surface area contributed by atoms with Crippen molar-refractivity contribution in [2.24, 2.45) is 0 Å². The summed E-state index contributed by atoms with van der Waals surface area (Å²) in [4.78, 5) is 9.95. The van der Waals surface area contributed by atoms with Crippen LogP contribution < -0.4 is 0 Å². The van der Waals surface area contributed by atoms with E-state index in [1.165, 1.54) is 6.07 Å². The lowest BCUT2D eigenvalue weighted by Gasteiger charge is -2.10. The van der Waals surface area contributed by atoms with E-state index in [-0.39, 0.29) is 0 Å². The Hall–Kier alpha value is -1.95. The molecule has 0 bridgehead atoms. The fourth-order valence-electron chi connectivity index (χ4n) is 2.40. The van der Waals surface area contributed by atoms with Gasteiger partial charge in [-0.3, -0.25) is 0 Å². The third kappa shape index (κ3) is 2.59. The summed E-state index contributed by atoms with van der Waals surface area (Å²) in [6.45, 7) is 3.82. The molecule has 0 unspecified atom stereocenters. The molecule has 0 aliphatic rings. The zero-order valence-electron chi connectivity index (χ0n) is 12.0. The van der Waals surface area contributed by atoms with Crippen molar-refractivity contribution >= 4 is 22.2 Å². The number of nitrogens with zero attached hydrogens (tertiary/aromatic N) is 2. The van der Waals surface area contributed by atoms with E-state index in [1.54, 1.807) is 18.3 Å². The second-order valence-corrected chi connectivity index (χ2v) is 5.97. The quantitative estimate of drug-likeness (QED) is 0.644. The smallest absolute Gasteiger partial charge is 0.233 e. The zero-order chi connectivity index (χ0) is 15.9. The Balaban J connectivity index is 2.22. The molecule has 0 radical (unpaired) electrons. The fraction of sp³-hybridized carbons (Fsp3) is 0.250. The Kier molecular flexibility index (Phi) is 3.64. The molecular formula is C16H13F3N2S. The van der Waals surface area contributed by atoms with Gasteiger partial charge >= 0.3 is 6.18 Å². The maximum atomic E-state index is 12.9. The zero-order valence-corrected chi connectivity index (χ0v) is 12.8. The van der Waals surface area contributed by atoms with Crippen LogP contribution in [0.25, 0.3) is 22.3 Å². The van der Waals surface area contributed by atoms with Crippen LogP contribution in [-0.2, 0) is 12.6 Å². The van der Waals surface area contributed by atoms with Gasteiger partial charge in [-0.1, -0.05) is 13.0 Å². The molecule has 0 fully saturated rings. The molecule has 2 heterocycles. The van der Waals surface area contributed by atoms with Gasteiger partial charge in [0.15, 0.2) is 5.82 Å². The van der Waals surface area contributed by atoms with Crippen LogP contribution in [0, 0.1) is 6.92 Å². The average molecular weight is 322 g/mol. The highest BCUT2D eigenvalue weighted by molar-refractivity contribution is 7.10. The lowest BCUT2D eigenvalue weighted by Crippen LogP contribution is -2.05. The largest absolute Gasteiger partial charge is 0.416 e. The van der Waals surface area contributed by atoms with Gasteiger partial charge in [0.2, 0.25) is 0 Å². The standard InChI is InChI=1S/C16H13F3N2S/c1-3-14-12(6-7-22-14)15-20-9(2)11-5-4-10(16(17,18)19)8-13(11)21-15/h4-8H,3H2,1-2H3. The molecule has 2 nitrogen and oxygen atoms in total. The van der Waals surface area contributed by atoms with Crippen LogP contribution in [0.1, 0.15) is 23.1 Å². The van der Waals surface area contributed by atoms with Crippen LogP contribution in [0.5, 0.6) is 0 Å². The number of alkyl halides is 3. The van der Waals surface area contributed by atoms with E-state index >= 15 is 0 Å². The molecule has 3 aromatic rings. The maximum Gasteiger partial charge on any atom is 0.416 e. The van der Waals surface area contributed by atoms with Crippen molar-refractivity contribution in [1.82, 2.24) is 9.97 Å². The average Bonchev–Trinajstić information content (AvgIpc) is 2.94.